The Morgan fingerprint density at radius 3 is 1.14 bits per heavy atom. The molecule has 0 aromatic heterocycles. The monoisotopic (exact) mass is 1850 g/mol. The van der Waals surface area contributed by atoms with E-state index in [4.69, 9.17) is 14.2 Å². The highest BCUT2D eigenvalue weighted by Crippen LogP contribution is 2.46. The van der Waals surface area contributed by atoms with Gasteiger partial charge in [-0.25, -0.2) is 4.57 Å². The van der Waals surface area contributed by atoms with Crippen molar-refractivity contribution in [3.05, 3.63) is 0 Å². The summed E-state index contributed by atoms with van der Waals surface area (Å²) in [5.41, 5.74) is 0. The number of phosphoric ester groups is 1. The Morgan fingerprint density at radius 2 is 0.767 bits per heavy atom. The van der Waals surface area contributed by atoms with Crippen LogP contribution in [0.15, 0.2) is 0 Å². The van der Waals surface area contributed by atoms with E-state index in [1.54, 1.807) is 63.2 Å². The maximum atomic E-state index is 13.3. The SMILES string of the molecule is CC(C)C(=O)CN(CCN(CC(=O)C(C)C)C(=O)C(C)C)CC(=O)C(C)C.CC(C)CNC(=O)C(CC(=O)C(CC(C)C)NC(=O)C(CC(C)C)CC(C)C)CC(C)C.CC(C)NC(CCC(=O)NC(CCC(=O)C(C)C)C(=O)C(C)C)C(=O)C(C)C.CC(C)NC(CO)C(C)OP(=O)(O)OC(C)C.CC(C)NCCC(C(=O)C(C)C)N(CC(=O)C(C)C)CC(=O)C(C)C. The Labute approximate surface area is 783 Å². The fraction of sp³-hybridized carbons (Fsp3) is 0.860. The molecule has 0 aromatic carbocycles. The van der Waals surface area contributed by atoms with E-state index >= 15 is 0 Å². The number of hydrogen-bond donors (Lipinski definition) is 8. The lowest BCUT2D eigenvalue weighted by molar-refractivity contribution is -0.139. The molecule has 0 spiro atoms. The highest BCUT2D eigenvalue weighted by Gasteiger charge is 2.36. The Kier molecular flexibility index (Phi) is 71.8. The van der Waals surface area contributed by atoms with E-state index in [-0.39, 0.29) is 235 Å². The third-order valence-electron chi connectivity index (χ3n) is 21.0. The molecule has 0 aromatic rings. The number of amides is 4. The zero-order valence-electron chi connectivity index (χ0n) is 88.4. The number of ketones is 10. The van der Waals surface area contributed by atoms with E-state index in [0.29, 0.717) is 88.0 Å². The second-order valence-electron chi connectivity index (χ2n) is 41.7. The summed E-state index contributed by atoms with van der Waals surface area (Å²) in [4.78, 5) is 189. The van der Waals surface area contributed by atoms with E-state index in [2.05, 4.69) is 115 Å². The Hall–Kier alpha value is -5.55. The van der Waals surface area contributed by atoms with Crippen LogP contribution in [0.5, 0.6) is 0 Å². The van der Waals surface area contributed by atoms with Crippen LogP contribution < -0.4 is 31.9 Å². The van der Waals surface area contributed by atoms with Crippen molar-refractivity contribution in [1.82, 2.24) is 46.6 Å². The number of nitrogens with zero attached hydrogens (tertiary/aromatic N) is 3. The number of hydrogen-bond acceptors (Lipinski definition) is 23. The fourth-order valence-electron chi connectivity index (χ4n) is 13.1. The van der Waals surface area contributed by atoms with Crippen LogP contribution in [0.1, 0.15) is 334 Å². The fourth-order valence-corrected chi connectivity index (χ4v) is 14.3. The minimum atomic E-state index is -4.07. The number of phosphoric acid groups is 1. The molecule has 0 saturated heterocycles. The molecule has 0 heterocycles. The first-order chi connectivity index (χ1) is 59.1. The van der Waals surface area contributed by atoms with Crippen LogP contribution in [0.3, 0.4) is 0 Å². The summed E-state index contributed by atoms with van der Waals surface area (Å²) in [6, 6.07) is -1.78. The van der Waals surface area contributed by atoms with E-state index in [1.165, 1.54) is 0 Å². The van der Waals surface area contributed by atoms with Crippen LogP contribution >= 0.6 is 7.82 Å². The van der Waals surface area contributed by atoms with Gasteiger partial charge in [-0.1, -0.05) is 249 Å². The van der Waals surface area contributed by atoms with Crippen molar-refractivity contribution in [3.8, 4) is 0 Å². The standard InChI is InChI=1S/C27H52N2O3.C22H40N2O4.C21H38N2O4.C20H38N2O3.C10H24NO5P/c1-17(2)11-22(12-18(3)4)27(32)29-24(14-20(7)8)25(30)15-23(13-19(5)6)26(31)28-16-21(9)10;1-13(2)19(25)11-9-18(22(28)15(5)6)24-20(26)12-10-17(23-16(7)8)21(27)14(3)4;1-14(2)18(24)11-22(12-19(25)15(3)4)9-10-23(21(27)17(7)8)13-20(26)16(5)6;1-13(2)18(23)11-22(12-19(24)14(3)4)17(20(25)15(5)6)9-10-21-16(7)8;1-7(2)11-10(6-12)9(5)16-17(13,14)15-8(3)4/h17-24H,11-16H2,1-10H3,(H,28,31)(H,29,32);13-18,23H,9-12H2,1-8H3,(H,24,26);14-17H,9-13H2,1-8H3;13-17,21H,9-12H2,1-8H3;7-12H,6H2,1-5H3,(H,13,14). The lowest BCUT2D eigenvalue weighted by atomic mass is 9.86. The third kappa shape index (κ3) is 65.7. The van der Waals surface area contributed by atoms with Crippen molar-refractivity contribution in [2.45, 2.75) is 395 Å². The first kappa shape index (κ1) is 132. The molecule has 0 aliphatic heterocycles. The van der Waals surface area contributed by atoms with Crippen molar-refractivity contribution in [2.75, 3.05) is 65.5 Å². The van der Waals surface area contributed by atoms with E-state index < -0.39 is 44.2 Å². The lowest BCUT2D eigenvalue weighted by Gasteiger charge is -2.32. The number of carbonyl (C=O) groups is 14. The molecule has 29 heteroatoms. The lowest BCUT2D eigenvalue weighted by Crippen LogP contribution is -2.50. The average molecular weight is 1860 g/mol. The summed E-state index contributed by atoms with van der Waals surface area (Å²) in [5, 5.41) is 27.6. The summed E-state index contributed by atoms with van der Waals surface area (Å²) >= 11 is 0. The van der Waals surface area contributed by atoms with Gasteiger partial charge in [0, 0.05) is 128 Å². The van der Waals surface area contributed by atoms with Gasteiger partial charge >= 0.3 is 7.82 Å². The zero-order valence-corrected chi connectivity index (χ0v) is 89.2. The molecule has 0 radical (unpaired) electrons. The Bertz CT molecular complexity index is 3250. The van der Waals surface area contributed by atoms with Gasteiger partial charge in [-0.3, -0.25) is 86.0 Å². The molecule has 0 saturated carbocycles. The summed E-state index contributed by atoms with van der Waals surface area (Å²) in [5.74, 6) is 0.00517. The molecule has 129 heavy (non-hydrogen) atoms. The highest BCUT2D eigenvalue weighted by molar-refractivity contribution is 7.47. The van der Waals surface area contributed by atoms with E-state index in [1.807, 2.05) is 138 Å². The molecule has 8 N–H and O–H groups in total. The number of Topliss-reactive ketones (excluding diaryl/α,β-unsaturated/α-hetero) is 10. The molecular formula is C100H192N9O19P. The second-order valence-corrected chi connectivity index (χ2v) is 43.1. The van der Waals surface area contributed by atoms with Crippen molar-refractivity contribution >= 4 is 89.3 Å². The Morgan fingerprint density at radius 1 is 0.364 bits per heavy atom. The number of nitrogens with one attached hydrogen (secondary N) is 6. The Balaban J connectivity index is -0.000000502. The van der Waals surface area contributed by atoms with Gasteiger partial charge in [-0.05, 0) is 102 Å². The van der Waals surface area contributed by atoms with Crippen LogP contribution in [-0.4, -0.2) is 232 Å². The summed E-state index contributed by atoms with van der Waals surface area (Å²) in [7, 11) is -4.07. The van der Waals surface area contributed by atoms with Gasteiger partial charge in [-0.2, -0.15) is 0 Å². The second kappa shape index (κ2) is 70.2. The van der Waals surface area contributed by atoms with Crippen LogP contribution in [0, 0.1) is 101 Å². The molecule has 756 valence electrons. The molecule has 8 atom stereocenters. The molecular weight excluding hydrogens is 1660 g/mol. The summed E-state index contributed by atoms with van der Waals surface area (Å²) < 4.78 is 21.3. The molecule has 0 aliphatic rings. The van der Waals surface area contributed by atoms with Gasteiger partial charge in [0.1, 0.15) is 28.9 Å². The van der Waals surface area contributed by atoms with Gasteiger partial charge in [0.25, 0.3) is 0 Å². The van der Waals surface area contributed by atoms with Crippen molar-refractivity contribution in [2.24, 2.45) is 101 Å². The molecule has 0 fully saturated rings. The largest absolute Gasteiger partial charge is 0.472 e. The molecule has 8 unspecified atom stereocenters. The van der Waals surface area contributed by atoms with Gasteiger partial charge < -0.3 is 46.8 Å². The molecule has 4 amide bonds. The van der Waals surface area contributed by atoms with Gasteiger partial charge in [0.05, 0.1) is 81.7 Å². The smallest absolute Gasteiger partial charge is 0.395 e. The van der Waals surface area contributed by atoms with E-state index in [0.717, 1.165) is 12.8 Å². The molecule has 0 bridgehead atoms. The number of carbonyl (C=O) groups excluding carboxylic acids is 14. The topological polar surface area (TPSA) is 397 Å². The average Bonchev–Trinajstić information content (AvgIpc) is 0.850. The van der Waals surface area contributed by atoms with Crippen LogP contribution in [0.25, 0.3) is 0 Å². The van der Waals surface area contributed by atoms with Crippen LogP contribution in [0.4, 0.5) is 0 Å². The van der Waals surface area contributed by atoms with Gasteiger partial charge in [-0.15, -0.1) is 0 Å². The molecule has 0 aliphatic carbocycles. The highest BCUT2D eigenvalue weighted by atomic mass is 31.2. The predicted octanol–water partition coefficient (Wildman–Crippen LogP) is 15.1. The first-order valence-corrected chi connectivity index (χ1v) is 50.1. The quantitative estimate of drug-likeness (QED) is 0.0262. The number of aliphatic hydroxyl groups is 1. The summed E-state index contributed by atoms with van der Waals surface area (Å²) in [6.45, 7) is 76.9. The van der Waals surface area contributed by atoms with Crippen molar-refractivity contribution < 1.29 is 90.7 Å². The third-order valence-corrected chi connectivity index (χ3v) is 22.3. The van der Waals surface area contributed by atoms with Gasteiger partial charge in [0.2, 0.25) is 23.6 Å². The van der Waals surface area contributed by atoms with Crippen LogP contribution in [-0.2, 0) is 80.7 Å². The zero-order chi connectivity index (χ0) is 102. The van der Waals surface area contributed by atoms with Crippen LogP contribution in [0.2, 0.25) is 0 Å². The minimum absolute atomic E-state index is 0.00654. The minimum Gasteiger partial charge on any atom is -0.395 e. The van der Waals surface area contributed by atoms with Gasteiger partial charge in [0.15, 0.2) is 28.9 Å². The molecule has 0 rings (SSSR count). The maximum absolute atomic E-state index is 13.3. The summed E-state index contributed by atoms with van der Waals surface area (Å²) in [6.07, 6.45) is 3.79. The normalized spacial score (nSPS) is 14.1. The number of rotatable bonds is 64. The van der Waals surface area contributed by atoms with Crippen molar-refractivity contribution in [1.29, 1.82) is 0 Å². The first-order valence-electron chi connectivity index (χ1n) is 48.6. The van der Waals surface area contributed by atoms with Crippen molar-refractivity contribution in [3.63, 3.8) is 0 Å². The molecule has 28 nitrogen and oxygen atoms in total. The van der Waals surface area contributed by atoms with E-state index in [9.17, 15) is 76.6 Å². The number of aliphatic hydroxyl groups excluding tert-OH is 1. The predicted molar refractivity (Wildman–Crippen MR) is 522 cm³/mol. The maximum Gasteiger partial charge on any atom is 0.472 e.